The van der Waals surface area contributed by atoms with E-state index in [9.17, 15) is 0 Å². The summed E-state index contributed by atoms with van der Waals surface area (Å²) >= 11 is 0. The molecule has 1 aromatic rings. The van der Waals surface area contributed by atoms with Crippen molar-refractivity contribution in [2.24, 2.45) is 5.11 Å². The van der Waals surface area contributed by atoms with Crippen molar-refractivity contribution in [1.82, 2.24) is 0 Å². The molecule has 0 aromatic heterocycles. The van der Waals surface area contributed by atoms with Crippen LogP contribution in [-0.4, -0.2) is 5.84 Å². The molecule has 0 aliphatic carbocycles. The van der Waals surface area contributed by atoms with Crippen LogP contribution in [0.3, 0.4) is 0 Å². The first-order valence-electron chi connectivity index (χ1n) is 3.27. The highest BCUT2D eigenvalue weighted by Gasteiger charge is 1.96. The lowest BCUT2D eigenvalue weighted by Gasteiger charge is -1.95. The summed E-state index contributed by atoms with van der Waals surface area (Å²) in [5, 5.41) is 10.2. The third kappa shape index (κ3) is 1.70. The maximum Gasteiger partial charge on any atom is 0.173 e. The predicted molar refractivity (Wildman–Crippen MR) is 43.2 cm³/mol. The van der Waals surface area contributed by atoms with Crippen LogP contribution >= 0.6 is 0 Å². The average Bonchev–Trinajstić information content (AvgIpc) is 2.05. The van der Waals surface area contributed by atoms with Gasteiger partial charge in [0.05, 0.1) is 0 Å². The summed E-state index contributed by atoms with van der Waals surface area (Å²) in [6.45, 7) is 1.98. The normalized spacial score (nSPS) is 9.18. The van der Waals surface area contributed by atoms with E-state index in [0.717, 1.165) is 5.56 Å². The Morgan fingerprint density at radius 1 is 1.27 bits per heavy atom. The van der Waals surface area contributed by atoms with Crippen molar-refractivity contribution in [3.63, 3.8) is 0 Å². The fraction of sp³-hybridized carbons (Fsp3) is 0.125. The zero-order chi connectivity index (χ0) is 8.27. The Morgan fingerprint density at radius 2 is 1.82 bits per heavy atom. The summed E-state index contributed by atoms with van der Waals surface area (Å²) in [4.78, 5) is 0. The average molecular weight is 147 g/mol. The number of amidine groups is 1. The van der Waals surface area contributed by atoms with E-state index in [2.05, 4.69) is 5.11 Å². The summed E-state index contributed by atoms with van der Waals surface area (Å²) in [6.07, 6.45) is 0. The van der Waals surface area contributed by atoms with E-state index in [-0.39, 0.29) is 5.84 Å². The second-order valence-corrected chi connectivity index (χ2v) is 2.33. The zero-order valence-electron chi connectivity index (χ0n) is 6.26. The molecule has 0 aliphatic rings. The molecule has 0 fully saturated rings. The molecule has 0 aliphatic heterocycles. The van der Waals surface area contributed by atoms with E-state index in [4.69, 9.17) is 10.9 Å². The van der Waals surface area contributed by atoms with Gasteiger partial charge in [-0.3, -0.25) is 5.41 Å². The molecule has 0 spiro atoms. The number of benzene rings is 1. The summed E-state index contributed by atoms with van der Waals surface area (Å²) < 4.78 is 0. The van der Waals surface area contributed by atoms with Gasteiger partial charge in [-0.25, -0.2) is 5.53 Å². The highest BCUT2D eigenvalue weighted by molar-refractivity contribution is 5.96. The van der Waals surface area contributed by atoms with Crippen molar-refractivity contribution < 1.29 is 0 Å². The molecule has 3 heteroatoms. The topological polar surface area (TPSA) is 60.1 Å². The molecule has 0 saturated heterocycles. The van der Waals surface area contributed by atoms with Crippen LogP contribution < -0.4 is 0 Å². The van der Waals surface area contributed by atoms with Gasteiger partial charge in [-0.15, -0.1) is 5.11 Å². The minimum atomic E-state index is 0.00463. The van der Waals surface area contributed by atoms with Gasteiger partial charge in [0.15, 0.2) is 5.84 Å². The van der Waals surface area contributed by atoms with Crippen molar-refractivity contribution in [2.45, 2.75) is 6.92 Å². The maximum atomic E-state index is 7.19. The Hall–Kier alpha value is -1.51. The van der Waals surface area contributed by atoms with E-state index in [1.165, 1.54) is 0 Å². The molecular formula is C8H9N3. The van der Waals surface area contributed by atoms with E-state index < -0.39 is 0 Å². The van der Waals surface area contributed by atoms with Crippen molar-refractivity contribution in [2.75, 3.05) is 0 Å². The molecule has 0 bridgehead atoms. The Balaban J connectivity index is 2.98. The molecule has 0 radical (unpaired) electrons. The third-order valence-electron chi connectivity index (χ3n) is 1.44. The van der Waals surface area contributed by atoms with Crippen molar-refractivity contribution in [3.05, 3.63) is 35.4 Å². The fourth-order valence-electron chi connectivity index (χ4n) is 0.776. The molecule has 3 nitrogen and oxygen atoms in total. The van der Waals surface area contributed by atoms with Crippen LogP contribution in [0, 0.1) is 17.9 Å². The number of hydrogen-bond donors (Lipinski definition) is 2. The van der Waals surface area contributed by atoms with Crippen molar-refractivity contribution >= 4 is 5.84 Å². The number of nitrogens with one attached hydrogen (secondary N) is 2. The van der Waals surface area contributed by atoms with Crippen LogP contribution in [0.25, 0.3) is 0 Å². The maximum absolute atomic E-state index is 7.19. The van der Waals surface area contributed by atoms with Gasteiger partial charge < -0.3 is 0 Å². The third-order valence-corrected chi connectivity index (χ3v) is 1.44. The van der Waals surface area contributed by atoms with E-state index >= 15 is 0 Å². The van der Waals surface area contributed by atoms with E-state index in [0.29, 0.717) is 5.56 Å². The fourth-order valence-corrected chi connectivity index (χ4v) is 0.776. The summed E-state index contributed by atoms with van der Waals surface area (Å²) in [7, 11) is 0. The van der Waals surface area contributed by atoms with Crippen LogP contribution in [0.1, 0.15) is 11.1 Å². The lowest BCUT2D eigenvalue weighted by atomic mass is 10.1. The largest absolute Gasteiger partial charge is 0.281 e. The highest BCUT2D eigenvalue weighted by atomic mass is 15.0. The predicted octanol–water partition coefficient (Wildman–Crippen LogP) is 2.35. The molecule has 0 heterocycles. The Morgan fingerprint density at radius 3 is 2.27 bits per heavy atom. The van der Waals surface area contributed by atoms with Gasteiger partial charge in [0.25, 0.3) is 0 Å². The van der Waals surface area contributed by atoms with Crippen LogP contribution in [0.2, 0.25) is 0 Å². The monoisotopic (exact) mass is 147 g/mol. The second kappa shape index (κ2) is 3.05. The van der Waals surface area contributed by atoms with Crippen LogP contribution in [0.15, 0.2) is 29.4 Å². The molecule has 1 rings (SSSR count). The number of rotatable bonds is 1. The quantitative estimate of drug-likeness (QED) is 0.348. The van der Waals surface area contributed by atoms with Crippen LogP contribution in [-0.2, 0) is 0 Å². The van der Waals surface area contributed by atoms with Crippen LogP contribution in [0.4, 0.5) is 0 Å². The summed E-state index contributed by atoms with van der Waals surface area (Å²) in [5.74, 6) is 0.00463. The summed E-state index contributed by atoms with van der Waals surface area (Å²) in [6, 6.07) is 7.37. The number of hydrogen-bond acceptors (Lipinski definition) is 2. The minimum Gasteiger partial charge on any atom is -0.281 e. The number of nitrogens with zero attached hydrogens (tertiary/aromatic N) is 1. The first-order chi connectivity index (χ1) is 5.24. The Labute approximate surface area is 65.1 Å². The SMILES string of the molecule is Cc1ccc(C(=N)N=N)cc1. The second-order valence-electron chi connectivity index (χ2n) is 2.33. The molecule has 0 unspecified atom stereocenters. The van der Waals surface area contributed by atoms with E-state index in [1.54, 1.807) is 12.1 Å². The molecule has 0 amide bonds. The van der Waals surface area contributed by atoms with E-state index in [1.807, 2.05) is 19.1 Å². The highest BCUT2D eigenvalue weighted by Crippen LogP contribution is 2.03. The molecule has 0 atom stereocenters. The molecular weight excluding hydrogens is 138 g/mol. The standard InChI is InChI=1S/C8H9N3/c1-6-2-4-7(5-3-6)8(9)11-10/h2-5,9-10H,1H3. The Bertz CT molecular complexity index is 274. The van der Waals surface area contributed by atoms with Gasteiger partial charge in [-0.1, -0.05) is 29.8 Å². The lowest BCUT2D eigenvalue weighted by molar-refractivity contribution is 1.16. The van der Waals surface area contributed by atoms with Gasteiger partial charge >= 0.3 is 0 Å². The number of aryl methyl sites for hydroxylation is 1. The lowest BCUT2D eigenvalue weighted by Crippen LogP contribution is -1.92. The van der Waals surface area contributed by atoms with Gasteiger partial charge in [0, 0.05) is 5.56 Å². The molecule has 11 heavy (non-hydrogen) atoms. The molecule has 1 aromatic carbocycles. The summed E-state index contributed by atoms with van der Waals surface area (Å²) in [5.41, 5.74) is 8.43. The molecule has 2 N–H and O–H groups in total. The Kier molecular flexibility index (Phi) is 2.11. The van der Waals surface area contributed by atoms with Crippen molar-refractivity contribution in [3.8, 4) is 0 Å². The molecule has 0 saturated carbocycles. The van der Waals surface area contributed by atoms with Gasteiger partial charge in [0.1, 0.15) is 0 Å². The zero-order valence-corrected chi connectivity index (χ0v) is 6.26. The van der Waals surface area contributed by atoms with Gasteiger partial charge in [0.2, 0.25) is 0 Å². The van der Waals surface area contributed by atoms with Crippen molar-refractivity contribution in [1.29, 1.82) is 10.9 Å². The smallest absolute Gasteiger partial charge is 0.173 e. The van der Waals surface area contributed by atoms with Gasteiger partial charge in [-0.05, 0) is 6.92 Å². The first kappa shape index (κ1) is 7.60. The van der Waals surface area contributed by atoms with Crippen LogP contribution in [0.5, 0.6) is 0 Å². The minimum absolute atomic E-state index is 0.00463. The van der Waals surface area contributed by atoms with Gasteiger partial charge in [-0.2, -0.15) is 0 Å². The molecule has 56 valence electrons. The first-order valence-corrected chi connectivity index (χ1v) is 3.27.